The molecule has 0 amide bonds. The third-order valence-electron chi connectivity index (χ3n) is 2.62. The first-order chi connectivity index (χ1) is 8.49. The van der Waals surface area contributed by atoms with E-state index >= 15 is 0 Å². The van der Waals surface area contributed by atoms with Crippen LogP contribution in [0.4, 0.5) is 0 Å². The molecule has 1 unspecified atom stereocenters. The number of aryl methyl sites for hydroxylation is 1. The van der Waals surface area contributed by atoms with Crippen LogP contribution in [0.5, 0.6) is 0 Å². The van der Waals surface area contributed by atoms with Gasteiger partial charge >= 0.3 is 0 Å². The highest BCUT2D eigenvalue weighted by Gasteiger charge is 2.10. The molecule has 1 heterocycles. The molecule has 0 fully saturated rings. The number of alkyl halides is 1. The quantitative estimate of drug-likeness (QED) is 0.725. The molecule has 0 aliphatic heterocycles. The number of aromatic nitrogens is 2. The minimum absolute atomic E-state index is 0.104. The number of halogens is 3. The normalized spacial score (nSPS) is 12.5. The van der Waals surface area contributed by atoms with Gasteiger partial charge in [0, 0.05) is 23.0 Å². The van der Waals surface area contributed by atoms with Crippen molar-refractivity contribution in [1.29, 1.82) is 0 Å². The van der Waals surface area contributed by atoms with Gasteiger partial charge in [0.1, 0.15) is 0 Å². The maximum atomic E-state index is 6.03. The highest BCUT2D eigenvalue weighted by Crippen LogP contribution is 2.28. The highest BCUT2D eigenvalue weighted by atomic mass is 35.5. The van der Waals surface area contributed by atoms with Crippen LogP contribution in [0.3, 0.4) is 0 Å². The van der Waals surface area contributed by atoms with Crippen LogP contribution in [0, 0.1) is 6.92 Å². The van der Waals surface area contributed by atoms with Crippen LogP contribution in [0.15, 0.2) is 24.4 Å². The summed E-state index contributed by atoms with van der Waals surface area (Å²) in [5.74, 6) is 0.618. The first-order valence-corrected chi connectivity index (χ1v) is 6.61. The molecule has 2 rings (SSSR count). The summed E-state index contributed by atoms with van der Waals surface area (Å²) in [6, 6.07) is 5.32. The minimum Gasteiger partial charge on any atom is -0.236 e. The first kappa shape index (κ1) is 13.6. The lowest BCUT2D eigenvalue weighted by Crippen LogP contribution is -1.98. The fourth-order valence-electron chi connectivity index (χ4n) is 1.64. The van der Waals surface area contributed by atoms with Crippen molar-refractivity contribution < 1.29 is 0 Å². The van der Waals surface area contributed by atoms with Gasteiger partial charge in [0.25, 0.3) is 0 Å². The van der Waals surface area contributed by atoms with Crippen molar-refractivity contribution in [2.75, 3.05) is 0 Å². The van der Waals surface area contributed by atoms with Crippen molar-refractivity contribution in [3.8, 4) is 11.4 Å². The van der Waals surface area contributed by atoms with Crippen molar-refractivity contribution in [3.05, 3.63) is 45.7 Å². The van der Waals surface area contributed by atoms with Crippen LogP contribution in [0.25, 0.3) is 11.4 Å². The van der Waals surface area contributed by atoms with E-state index in [2.05, 4.69) is 9.97 Å². The van der Waals surface area contributed by atoms with Gasteiger partial charge in [-0.25, -0.2) is 9.97 Å². The molecule has 2 aromatic rings. The standard InChI is InChI=1S/C13H11Cl3N2/c1-7(14)10-6-17-13(18-8(10)2)9-3-4-11(15)12(16)5-9/h3-7H,1-2H3. The Morgan fingerprint density at radius 3 is 2.44 bits per heavy atom. The molecule has 1 aromatic heterocycles. The Morgan fingerprint density at radius 1 is 1.17 bits per heavy atom. The van der Waals surface area contributed by atoms with E-state index in [4.69, 9.17) is 34.8 Å². The van der Waals surface area contributed by atoms with Gasteiger partial charge in [0.05, 0.1) is 15.4 Å². The van der Waals surface area contributed by atoms with Crippen LogP contribution in [0.1, 0.15) is 23.6 Å². The van der Waals surface area contributed by atoms with E-state index < -0.39 is 0 Å². The van der Waals surface area contributed by atoms with E-state index in [9.17, 15) is 0 Å². The van der Waals surface area contributed by atoms with Gasteiger partial charge in [-0.05, 0) is 32.0 Å². The van der Waals surface area contributed by atoms with Crippen molar-refractivity contribution in [3.63, 3.8) is 0 Å². The number of rotatable bonds is 2. The predicted molar refractivity (Wildman–Crippen MR) is 76.5 cm³/mol. The second-order valence-electron chi connectivity index (χ2n) is 3.98. The fraction of sp³-hybridized carbons (Fsp3) is 0.231. The molecule has 0 bridgehead atoms. The van der Waals surface area contributed by atoms with Gasteiger partial charge in [-0.1, -0.05) is 23.2 Å². The maximum Gasteiger partial charge on any atom is 0.159 e. The van der Waals surface area contributed by atoms with E-state index in [1.54, 1.807) is 18.3 Å². The first-order valence-electron chi connectivity index (χ1n) is 5.42. The van der Waals surface area contributed by atoms with Gasteiger partial charge in [-0.2, -0.15) is 0 Å². The highest BCUT2D eigenvalue weighted by molar-refractivity contribution is 6.42. The van der Waals surface area contributed by atoms with Crippen LogP contribution < -0.4 is 0 Å². The van der Waals surface area contributed by atoms with Crippen LogP contribution in [-0.4, -0.2) is 9.97 Å². The Bertz CT molecular complexity index is 582. The molecular weight excluding hydrogens is 291 g/mol. The Morgan fingerprint density at radius 2 is 1.89 bits per heavy atom. The summed E-state index contributed by atoms with van der Waals surface area (Å²) in [6.07, 6.45) is 1.75. The van der Waals surface area contributed by atoms with E-state index in [-0.39, 0.29) is 5.38 Å². The van der Waals surface area contributed by atoms with E-state index in [1.165, 1.54) is 0 Å². The second-order valence-corrected chi connectivity index (χ2v) is 5.45. The smallest absolute Gasteiger partial charge is 0.159 e. The lowest BCUT2D eigenvalue weighted by molar-refractivity contribution is 0.976. The van der Waals surface area contributed by atoms with Gasteiger partial charge < -0.3 is 0 Å². The molecule has 1 atom stereocenters. The molecule has 0 aliphatic rings. The Kier molecular flexibility index (Phi) is 4.10. The molecule has 5 heteroatoms. The average Bonchev–Trinajstić information content (AvgIpc) is 2.32. The molecule has 0 radical (unpaired) electrons. The van der Waals surface area contributed by atoms with Crippen LogP contribution in [-0.2, 0) is 0 Å². The molecule has 0 N–H and O–H groups in total. The van der Waals surface area contributed by atoms with Crippen molar-refractivity contribution in [2.24, 2.45) is 0 Å². The maximum absolute atomic E-state index is 6.03. The van der Waals surface area contributed by atoms with Crippen LogP contribution >= 0.6 is 34.8 Å². The van der Waals surface area contributed by atoms with E-state index in [0.29, 0.717) is 15.9 Å². The summed E-state index contributed by atoms with van der Waals surface area (Å²) in [5.41, 5.74) is 2.63. The zero-order valence-electron chi connectivity index (χ0n) is 9.92. The summed E-state index contributed by atoms with van der Waals surface area (Å²) < 4.78 is 0. The van der Waals surface area contributed by atoms with E-state index in [0.717, 1.165) is 16.8 Å². The Balaban J connectivity index is 2.45. The zero-order valence-corrected chi connectivity index (χ0v) is 12.2. The fourth-order valence-corrected chi connectivity index (χ4v) is 2.15. The van der Waals surface area contributed by atoms with E-state index in [1.807, 2.05) is 19.9 Å². The zero-order chi connectivity index (χ0) is 13.3. The minimum atomic E-state index is -0.104. The molecular formula is C13H11Cl3N2. The lowest BCUT2D eigenvalue weighted by atomic mass is 10.1. The average molecular weight is 302 g/mol. The number of hydrogen-bond acceptors (Lipinski definition) is 2. The molecule has 0 saturated carbocycles. The van der Waals surface area contributed by atoms with Gasteiger partial charge in [-0.15, -0.1) is 11.6 Å². The molecule has 18 heavy (non-hydrogen) atoms. The van der Waals surface area contributed by atoms with Crippen molar-refractivity contribution in [1.82, 2.24) is 9.97 Å². The topological polar surface area (TPSA) is 25.8 Å². The molecule has 0 spiro atoms. The number of nitrogens with zero attached hydrogens (tertiary/aromatic N) is 2. The predicted octanol–water partition coefficient (Wildman–Crippen LogP) is 5.06. The number of benzene rings is 1. The summed E-state index contributed by atoms with van der Waals surface area (Å²) in [6.45, 7) is 3.81. The molecule has 0 aliphatic carbocycles. The van der Waals surface area contributed by atoms with Gasteiger partial charge in [-0.3, -0.25) is 0 Å². The number of hydrogen-bond donors (Lipinski definition) is 0. The van der Waals surface area contributed by atoms with Gasteiger partial charge in [0.2, 0.25) is 0 Å². The second kappa shape index (κ2) is 5.43. The lowest BCUT2D eigenvalue weighted by Gasteiger charge is -2.08. The van der Waals surface area contributed by atoms with Crippen molar-refractivity contribution >= 4 is 34.8 Å². The molecule has 2 nitrogen and oxygen atoms in total. The van der Waals surface area contributed by atoms with Crippen LogP contribution in [0.2, 0.25) is 10.0 Å². The summed E-state index contributed by atoms with van der Waals surface area (Å²) in [4.78, 5) is 8.74. The largest absolute Gasteiger partial charge is 0.236 e. The van der Waals surface area contributed by atoms with Gasteiger partial charge in [0.15, 0.2) is 5.82 Å². The summed E-state index contributed by atoms with van der Waals surface area (Å²) in [5, 5.41) is 0.904. The summed E-state index contributed by atoms with van der Waals surface area (Å²) >= 11 is 17.9. The third-order valence-corrected chi connectivity index (χ3v) is 3.60. The SMILES string of the molecule is Cc1nc(-c2ccc(Cl)c(Cl)c2)ncc1C(C)Cl. The molecule has 94 valence electrons. The molecule has 0 saturated heterocycles. The Hall–Kier alpha value is -0.830. The molecule has 1 aromatic carbocycles. The third kappa shape index (κ3) is 2.77. The monoisotopic (exact) mass is 300 g/mol. The summed E-state index contributed by atoms with van der Waals surface area (Å²) in [7, 11) is 0. The van der Waals surface area contributed by atoms with Crippen molar-refractivity contribution in [2.45, 2.75) is 19.2 Å². The Labute approximate surface area is 121 Å².